The van der Waals surface area contributed by atoms with Crippen LogP contribution in [0.4, 0.5) is 0 Å². The normalized spacial score (nSPS) is 28.8. The van der Waals surface area contributed by atoms with Crippen molar-refractivity contribution in [2.75, 3.05) is 0 Å². The van der Waals surface area contributed by atoms with Crippen LogP contribution < -0.4 is 5.32 Å². The van der Waals surface area contributed by atoms with Crippen LogP contribution in [-0.2, 0) is 0 Å². The summed E-state index contributed by atoms with van der Waals surface area (Å²) >= 11 is 5.13. The quantitative estimate of drug-likeness (QED) is 0.904. The topological polar surface area (TPSA) is 24.9 Å². The van der Waals surface area contributed by atoms with Crippen molar-refractivity contribution in [3.8, 4) is 0 Å². The van der Waals surface area contributed by atoms with E-state index in [1.165, 1.54) is 11.4 Å². The monoisotopic (exact) mass is 260 g/mol. The fourth-order valence-electron chi connectivity index (χ4n) is 1.41. The van der Waals surface area contributed by atoms with E-state index in [9.17, 15) is 0 Å². The Morgan fingerprint density at radius 1 is 1.77 bits per heavy atom. The van der Waals surface area contributed by atoms with Gasteiger partial charge in [0.15, 0.2) is 0 Å². The number of nitrogens with one attached hydrogen (secondary N) is 1. The summed E-state index contributed by atoms with van der Waals surface area (Å²) in [6.45, 7) is 4.46. The van der Waals surface area contributed by atoms with Gasteiger partial charge in [0.2, 0.25) is 0 Å². The van der Waals surface area contributed by atoms with Crippen molar-refractivity contribution in [3.63, 3.8) is 0 Å². The van der Waals surface area contributed by atoms with Crippen molar-refractivity contribution in [2.45, 2.75) is 32.4 Å². The van der Waals surface area contributed by atoms with E-state index in [4.69, 9.17) is 0 Å². The molecule has 1 fully saturated rings. The van der Waals surface area contributed by atoms with Crippen LogP contribution in [0.1, 0.15) is 31.3 Å². The first-order valence-electron chi connectivity index (χ1n) is 4.54. The maximum Gasteiger partial charge on any atom is 0.110 e. The third kappa shape index (κ3) is 2.30. The molecule has 0 aromatic carbocycles. The van der Waals surface area contributed by atoms with Crippen LogP contribution in [-0.4, -0.2) is 11.0 Å². The summed E-state index contributed by atoms with van der Waals surface area (Å²) in [5.74, 6) is 0.853. The molecule has 0 radical (unpaired) electrons. The Labute approximate surface area is 90.9 Å². The zero-order chi connectivity index (χ0) is 9.42. The van der Waals surface area contributed by atoms with E-state index in [-0.39, 0.29) is 0 Å². The largest absolute Gasteiger partial charge is 0.305 e. The van der Waals surface area contributed by atoms with Gasteiger partial charge >= 0.3 is 0 Å². The molecule has 1 aromatic rings. The number of halogens is 1. The van der Waals surface area contributed by atoms with Crippen LogP contribution in [0, 0.1) is 5.92 Å². The molecule has 2 nitrogen and oxygen atoms in total. The standard InChI is InChI=1S/C9H13BrN2S/c1-5-3-7(5)12-6(2)9-11-4-8(10)13-9/h4-7,12H,3H2,1-2H3. The lowest BCUT2D eigenvalue weighted by atomic mass is 10.3. The Morgan fingerprint density at radius 3 is 2.92 bits per heavy atom. The molecule has 1 heterocycles. The number of aromatic nitrogens is 1. The van der Waals surface area contributed by atoms with Crippen molar-refractivity contribution in [1.82, 2.24) is 10.3 Å². The first-order valence-corrected chi connectivity index (χ1v) is 6.15. The van der Waals surface area contributed by atoms with E-state index in [2.05, 4.69) is 40.1 Å². The lowest BCUT2D eigenvalue weighted by molar-refractivity contribution is 0.549. The Bertz CT molecular complexity index is 300. The van der Waals surface area contributed by atoms with E-state index < -0.39 is 0 Å². The molecule has 4 heteroatoms. The van der Waals surface area contributed by atoms with Gasteiger partial charge in [-0.05, 0) is 35.2 Å². The van der Waals surface area contributed by atoms with Crippen molar-refractivity contribution in [2.24, 2.45) is 5.92 Å². The van der Waals surface area contributed by atoms with Crippen molar-refractivity contribution >= 4 is 27.3 Å². The molecule has 13 heavy (non-hydrogen) atoms. The number of rotatable bonds is 3. The maximum atomic E-state index is 4.33. The first kappa shape index (κ1) is 9.62. The van der Waals surface area contributed by atoms with E-state index >= 15 is 0 Å². The lowest BCUT2D eigenvalue weighted by Gasteiger charge is -2.09. The predicted molar refractivity (Wildman–Crippen MR) is 58.9 cm³/mol. The first-order chi connectivity index (χ1) is 6.16. The van der Waals surface area contributed by atoms with Gasteiger partial charge in [0.1, 0.15) is 5.01 Å². The molecule has 3 atom stereocenters. The van der Waals surface area contributed by atoms with Gasteiger partial charge in [0, 0.05) is 6.04 Å². The minimum Gasteiger partial charge on any atom is -0.305 e. The molecule has 3 unspecified atom stereocenters. The van der Waals surface area contributed by atoms with Gasteiger partial charge in [-0.25, -0.2) is 4.98 Å². The van der Waals surface area contributed by atoms with Gasteiger partial charge < -0.3 is 5.32 Å². The summed E-state index contributed by atoms with van der Waals surface area (Å²) in [7, 11) is 0. The lowest BCUT2D eigenvalue weighted by Crippen LogP contribution is -2.21. The van der Waals surface area contributed by atoms with E-state index in [0.717, 1.165) is 15.7 Å². The summed E-state index contributed by atoms with van der Waals surface area (Å²) in [5.41, 5.74) is 0. The highest BCUT2D eigenvalue weighted by molar-refractivity contribution is 9.11. The number of hydrogen-bond donors (Lipinski definition) is 1. The van der Waals surface area contributed by atoms with Gasteiger partial charge in [-0.2, -0.15) is 0 Å². The maximum absolute atomic E-state index is 4.33. The number of hydrogen-bond acceptors (Lipinski definition) is 3. The molecular weight excluding hydrogens is 248 g/mol. The van der Waals surface area contributed by atoms with Gasteiger partial charge in [-0.1, -0.05) is 6.92 Å². The molecule has 0 spiro atoms. The zero-order valence-electron chi connectivity index (χ0n) is 7.75. The van der Waals surface area contributed by atoms with Gasteiger partial charge in [0.25, 0.3) is 0 Å². The molecule has 72 valence electrons. The molecule has 1 N–H and O–H groups in total. The summed E-state index contributed by atoms with van der Waals surface area (Å²) in [4.78, 5) is 4.33. The molecule has 1 aliphatic rings. The minimum atomic E-state index is 0.395. The summed E-state index contributed by atoms with van der Waals surface area (Å²) in [5, 5.41) is 4.73. The fraction of sp³-hybridized carbons (Fsp3) is 0.667. The van der Waals surface area contributed by atoms with Gasteiger partial charge in [-0.15, -0.1) is 11.3 Å². The number of thiazole rings is 1. The zero-order valence-corrected chi connectivity index (χ0v) is 10.2. The van der Waals surface area contributed by atoms with Crippen LogP contribution in [0.5, 0.6) is 0 Å². The Balaban J connectivity index is 1.93. The molecule has 2 rings (SSSR count). The highest BCUT2D eigenvalue weighted by Gasteiger charge is 2.33. The SMILES string of the molecule is CC(NC1CC1C)c1ncc(Br)s1. The third-order valence-corrected chi connectivity index (χ3v) is 4.10. The summed E-state index contributed by atoms with van der Waals surface area (Å²) in [6, 6.07) is 1.11. The van der Waals surface area contributed by atoms with Crippen LogP contribution in [0.15, 0.2) is 9.98 Å². The van der Waals surface area contributed by atoms with Crippen LogP contribution >= 0.6 is 27.3 Å². The van der Waals surface area contributed by atoms with Crippen LogP contribution in [0.25, 0.3) is 0 Å². The Morgan fingerprint density at radius 2 is 2.46 bits per heavy atom. The average molecular weight is 261 g/mol. The highest BCUT2D eigenvalue weighted by Crippen LogP contribution is 2.32. The van der Waals surface area contributed by atoms with E-state index in [1.807, 2.05) is 6.20 Å². The molecule has 1 aromatic heterocycles. The second-order valence-corrected chi connectivity index (χ2v) is 6.15. The minimum absolute atomic E-state index is 0.395. The van der Waals surface area contributed by atoms with Gasteiger partial charge in [0.05, 0.1) is 16.0 Å². The summed E-state index contributed by atoms with van der Waals surface area (Å²) < 4.78 is 1.11. The van der Waals surface area contributed by atoms with Crippen LogP contribution in [0.3, 0.4) is 0 Å². The molecule has 0 saturated heterocycles. The van der Waals surface area contributed by atoms with Crippen molar-refractivity contribution in [1.29, 1.82) is 0 Å². The Hall–Kier alpha value is 0.0700. The van der Waals surface area contributed by atoms with Gasteiger partial charge in [-0.3, -0.25) is 0 Å². The Kier molecular flexibility index (Phi) is 2.72. The molecular formula is C9H13BrN2S. The van der Waals surface area contributed by atoms with Crippen molar-refractivity contribution in [3.05, 3.63) is 15.0 Å². The number of nitrogens with zero attached hydrogens (tertiary/aromatic N) is 1. The fourth-order valence-corrected chi connectivity index (χ4v) is 2.67. The molecule has 0 bridgehead atoms. The molecule has 0 aliphatic heterocycles. The van der Waals surface area contributed by atoms with Crippen LogP contribution in [0.2, 0.25) is 0 Å². The van der Waals surface area contributed by atoms with E-state index in [0.29, 0.717) is 6.04 Å². The summed E-state index contributed by atoms with van der Waals surface area (Å²) in [6.07, 6.45) is 3.19. The molecule has 1 saturated carbocycles. The molecule has 1 aliphatic carbocycles. The van der Waals surface area contributed by atoms with E-state index in [1.54, 1.807) is 11.3 Å². The molecule has 0 amide bonds. The smallest absolute Gasteiger partial charge is 0.110 e. The predicted octanol–water partition coefficient (Wildman–Crippen LogP) is 2.96. The average Bonchev–Trinajstić information content (AvgIpc) is 2.62. The van der Waals surface area contributed by atoms with Crippen molar-refractivity contribution < 1.29 is 0 Å². The third-order valence-electron chi connectivity index (χ3n) is 2.44. The highest BCUT2D eigenvalue weighted by atomic mass is 79.9. The second kappa shape index (κ2) is 3.67. The second-order valence-electron chi connectivity index (χ2n) is 3.71.